The maximum atomic E-state index is 12.8. The Morgan fingerprint density at radius 2 is 1.89 bits per heavy atom. The molecule has 0 saturated carbocycles. The van der Waals surface area contributed by atoms with E-state index < -0.39 is 11.9 Å². The largest absolute Gasteiger partial charge is 0.478 e. The van der Waals surface area contributed by atoms with E-state index in [9.17, 15) is 14.7 Å². The molecule has 0 radical (unpaired) electrons. The summed E-state index contributed by atoms with van der Waals surface area (Å²) in [5.41, 5.74) is 1.00. The molecule has 0 spiro atoms. The van der Waals surface area contributed by atoms with Gasteiger partial charge in [-0.3, -0.25) is 9.48 Å². The molecule has 27 heavy (non-hydrogen) atoms. The topological polar surface area (TPSA) is 87.5 Å². The predicted octanol–water partition coefficient (Wildman–Crippen LogP) is 2.47. The molecular weight excluding hydrogens is 344 g/mol. The van der Waals surface area contributed by atoms with Gasteiger partial charge in [0.25, 0.3) is 5.91 Å². The van der Waals surface area contributed by atoms with Gasteiger partial charge in [0, 0.05) is 13.6 Å². The molecule has 3 rings (SSSR count). The standard InChI is InChI=1S/C20H26N4O3/c1-23-18(16(14-21-23)20(26)27)19(25)22-17(15-8-4-2-5-9-15)10-13-24-11-6-3-7-12-24/h2,4-5,8-9,14,17H,3,6-7,10-13H2,1H3,(H,22,25)(H,26,27). The van der Waals surface area contributed by atoms with E-state index >= 15 is 0 Å². The first kappa shape index (κ1) is 19.1. The fourth-order valence-electron chi connectivity index (χ4n) is 3.59. The number of piperidine rings is 1. The molecule has 1 amide bonds. The summed E-state index contributed by atoms with van der Waals surface area (Å²) in [6, 6.07) is 9.63. The third-order valence-corrected chi connectivity index (χ3v) is 5.07. The molecule has 2 heterocycles. The second kappa shape index (κ2) is 8.81. The van der Waals surface area contributed by atoms with Crippen LogP contribution in [-0.2, 0) is 7.05 Å². The Morgan fingerprint density at radius 3 is 2.56 bits per heavy atom. The van der Waals surface area contributed by atoms with E-state index in [1.165, 1.54) is 30.1 Å². The van der Waals surface area contributed by atoms with Crippen molar-refractivity contribution >= 4 is 11.9 Å². The number of hydrogen-bond acceptors (Lipinski definition) is 4. The van der Waals surface area contributed by atoms with E-state index in [1.807, 2.05) is 30.3 Å². The number of carbonyl (C=O) groups excluding carboxylic acids is 1. The number of benzene rings is 1. The molecule has 144 valence electrons. The highest BCUT2D eigenvalue weighted by molar-refractivity contribution is 6.03. The summed E-state index contributed by atoms with van der Waals surface area (Å²) in [6.45, 7) is 3.09. The van der Waals surface area contributed by atoms with Crippen molar-refractivity contribution in [1.82, 2.24) is 20.0 Å². The summed E-state index contributed by atoms with van der Waals surface area (Å²) in [7, 11) is 1.58. The van der Waals surface area contributed by atoms with Crippen LogP contribution in [0.4, 0.5) is 0 Å². The normalized spacial score (nSPS) is 16.0. The maximum Gasteiger partial charge on any atom is 0.339 e. The van der Waals surface area contributed by atoms with E-state index in [-0.39, 0.29) is 17.3 Å². The molecule has 2 N–H and O–H groups in total. The van der Waals surface area contributed by atoms with Crippen molar-refractivity contribution in [2.24, 2.45) is 7.05 Å². The lowest BCUT2D eigenvalue weighted by Gasteiger charge is -2.28. The van der Waals surface area contributed by atoms with Gasteiger partial charge in [0.2, 0.25) is 0 Å². The molecule has 7 nitrogen and oxygen atoms in total. The SMILES string of the molecule is Cn1ncc(C(=O)O)c1C(=O)NC(CCN1CCCCC1)c1ccccc1. The molecule has 1 fully saturated rings. The van der Waals surface area contributed by atoms with Gasteiger partial charge in [-0.15, -0.1) is 0 Å². The third-order valence-electron chi connectivity index (χ3n) is 5.07. The van der Waals surface area contributed by atoms with Crippen molar-refractivity contribution in [3.05, 3.63) is 53.3 Å². The van der Waals surface area contributed by atoms with Gasteiger partial charge in [-0.25, -0.2) is 4.79 Å². The minimum atomic E-state index is -1.15. The Balaban J connectivity index is 1.75. The average Bonchev–Trinajstić information content (AvgIpc) is 3.08. The number of aromatic nitrogens is 2. The fraction of sp³-hybridized carbons (Fsp3) is 0.450. The second-order valence-corrected chi connectivity index (χ2v) is 6.96. The van der Waals surface area contributed by atoms with E-state index in [0.717, 1.165) is 31.6 Å². The first-order valence-corrected chi connectivity index (χ1v) is 9.39. The Kier molecular flexibility index (Phi) is 6.24. The highest BCUT2D eigenvalue weighted by Crippen LogP contribution is 2.20. The first-order valence-electron chi connectivity index (χ1n) is 9.39. The highest BCUT2D eigenvalue weighted by Gasteiger charge is 2.25. The zero-order valence-corrected chi connectivity index (χ0v) is 15.6. The van der Waals surface area contributed by atoms with Crippen LogP contribution in [0.3, 0.4) is 0 Å². The van der Waals surface area contributed by atoms with E-state index in [1.54, 1.807) is 7.05 Å². The van der Waals surface area contributed by atoms with Crippen molar-refractivity contribution < 1.29 is 14.7 Å². The minimum absolute atomic E-state index is 0.0707. The Labute approximate surface area is 159 Å². The molecular formula is C20H26N4O3. The van der Waals surface area contributed by atoms with Gasteiger partial charge in [0.15, 0.2) is 0 Å². The second-order valence-electron chi connectivity index (χ2n) is 6.96. The number of carbonyl (C=O) groups is 2. The molecule has 0 bridgehead atoms. The summed E-state index contributed by atoms with van der Waals surface area (Å²) in [5.74, 6) is -1.57. The molecule has 1 unspecified atom stereocenters. The van der Waals surface area contributed by atoms with Crippen LogP contribution in [0.1, 0.15) is 58.1 Å². The molecule has 1 aliphatic rings. The van der Waals surface area contributed by atoms with Gasteiger partial charge in [0.05, 0.1) is 12.2 Å². The smallest absolute Gasteiger partial charge is 0.339 e. The molecule has 7 heteroatoms. The number of nitrogens with zero attached hydrogens (tertiary/aromatic N) is 3. The van der Waals surface area contributed by atoms with Crippen molar-refractivity contribution in [1.29, 1.82) is 0 Å². The zero-order valence-electron chi connectivity index (χ0n) is 15.6. The van der Waals surface area contributed by atoms with Crippen LogP contribution >= 0.6 is 0 Å². The quantitative estimate of drug-likeness (QED) is 0.782. The van der Waals surface area contributed by atoms with Gasteiger partial charge in [-0.05, 0) is 37.9 Å². The van der Waals surface area contributed by atoms with E-state index in [0.29, 0.717) is 0 Å². The summed E-state index contributed by atoms with van der Waals surface area (Å²) in [4.78, 5) is 26.7. The van der Waals surface area contributed by atoms with Crippen molar-refractivity contribution in [3.8, 4) is 0 Å². The molecule has 1 aliphatic heterocycles. The Morgan fingerprint density at radius 1 is 1.19 bits per heavy atom. The van der Waals surface area contributed by atoms with Crippen LogP contribution in [0.5, 0.6) is 0 Å². The van der Waals surface area contributed by atoms with Gasteiger partial charge in [-0.1, -0.05) is 36.8 Å². The average molecular weight is 370 g/mol. The molecule has 1 aromatic carbocycles. The van der Waals surface area contributed by atoms with Crippen molar-refractivity contribution in [2.45, 2.75) is 31.7 Å². The number of hydrogen-bond donors (Lipinski definition) is 2. The monoisotopic (exact) mass is 370 g/mol. The lowest BCUT2D eigenvalue weighted by molar-refractivity contribution is 0.0689. The van der Waals surface area contributed by atoms with Crippen molar-refractivity contribution in [3.63, 3.8) is 0 Å². The minimum Gasteiger partial charge on any atom is -0.478 e. The number of aryl methyl sites for hydroxylation is 1. The van der Waals surface area contributed by atoms with E-state index in [2.05, 4.69) is 15.3 Å². The maximum absolute atomic E-state index is 12.8. The Bertz CT molecular complexity index is 782. The number of rotatable bonds is 7. The van der Waals surface area contributed by atoms with Crippen LogP contribution in [0.25, 0.3) is 0 Å². The summed E-state index contributed by atoms with van der Waals surface area (Å²) < 4.78 is 1.31. The van der Waals surface area contributed by atoms with Gasteiger partial charge >= 0.3 is 5.97 Å². The van der Waals surface area contributed by atoms with Crippen LogP contribution in [0.2, 0.25) is 0 Å². The van der Waals surface area contributed by atoms with Gasteiger partial charge in [0.1, 0.15) is 11.3 Å². The number of carboxylic acid groups (broad SMARTS) is 1. The lowest BCUT2D eigenvalue weighted by Crippen LogP contribution is -2.36. The van der Waals surface area contributed by atoms with E-state index in [4.69, 9.17) is 0 Å². The van der Waals surface area contributed by atoms with Crippen LogP contribution in [-0.4, -0.2) is 51.3 Å². The number of amides is 1. The predicted molar refractivity (Wildman–Crippen MR) is 102 cm³/mol. The number of carboxylic acids is 1. The summed E-state index contributed by atoms with van der Waals surface area (Å²) >= 11 is 0. The molecule has 0 aliphatic carbocycles. The molecule has 1 saturated heterocycles. The first-order chi connectivity index (χ1) is 13.1. The Hall–Kier alpha value is -2.67. The highest BCUT2D eigenvalue weighted by atomic mass is 16.4. The molecule has 1 aromatic heterocycles. The molecule has 1 atom stereocenters. The van der Waals surface area contributed by atoms with Crippen LogP contribution in [0.15, 0.2) is 36.5 Å². The molecule has 2 aromatic rings. The van der Waals surface area contributed by atoms with Crippen LogP contribution < -0.4 is 5.32 Å². The lowest BCUT2D eigenvalue weighted by atomic mass is 10.0. The number of aromatic carboxylic acids is 1. The number of likely N-dealkylation sites (tertiary alicyclic amines) is 1. The summed E-state index contributed by atoms with van der Waals surface area (Å²) in [5, 5.41) is 16.3. The number of nitrogens with one attached hydrogen (secondary N) is 1. The van der Waals surface area contributed by atoms with Gasteiger partial charge < -0.3 is 15.3 Å². The third kappa shape index (κ3) is 4.74. The van der Waals surface area contributed by atoms with Gasteiger partial charge in [-0.2, -0.15) is 5.10 Å². The fourth-order valence-corrected chi connectivity index (χ4v) is 3.59. The van der Waals surface area contributed by atoms with Crippen molar-refractivity contribution in [2.75, 3.05) is 19.6 Å². The summed E-state index contributed by atoms with van der Waals surface area (Å²) in [6.07, 6.45) is 5.71. The zero-order chi connectivity index (χ0) is 19.2. The van der Waals surface area contributed by atoms with Crippen LogP contribution in [0, 0.1) is 0 Å².